The number of benzene rings is 2. The first kappa shape index (κ1) is 14.7. The molecule has 0 fully saturated rings. The van der Waals surface area contributed by atoms with Crippen LogP contribution in [0.25, 0.3) is 0 Å². The Hall–Kier alpha value is -0.670. The predicted molar refractivity (Wildman–Crippen MR) is 85.5 cm³/mol. The Morgan fingerprint density at radius 2 is 1.95 bits per heavy atom. The van der Waals surface area contributed by atoms with Crippen LogP contribution in [-0.2, 0) is 6.42 Å². The summed E-state index contributed by atoms with van der Waals surface area (Å²) in [7, 11) is 0. The van der Waals surface area contributed by atoms with Gasteiger partial charge in [-0.05, 0) is 48.6 Å². The number of alkyl halides is 1. The van der Waals surface area contributed by atoms with E-state index in [1.165, 1.54) is 17.2 Å². The van der Waals surface area contributed by atoms with E-state index in [0.717, 1.165) is 21.8 Å². The predicted octanol–water partition coefficient (Wildman–Crippen LogP) is 5.62. The lowest BCUT2D eigenvalue weighted by molar-refractivity contribution is 0.622. The second kappa shape index (κ2) is 6.67. The normalized spacial score (nSPS) is 12.4. The van der Waals surface area contributed by atoms with Crippen LogP contribution in [0.5, 0.6) is 0 Å². The molecule has 0 bridgehead atoms. The Kier molecular flexibility index (Phi) is 5.17. The minimum absolute atomic E-state index is 0.193. The van der Waals surface area contributed by atoms with Crippen molar-refractivity contribution in [3.8, 4) is 0 Å². The average molecular weight is 386 g/mol. The van der Waals surface area contributed by atoms with Crippen molar-refractivity contribution < 1.29 is 4.39 Å². The van der Waals surface area contributed by atoms with Crippen LogP contribution in [0.2, 0.25) is 0 Å². The van der Waals surface area contributed by atoms with E-state index in [-0.39, 0.29) is 5.82 Å². The third-order valence-electron chi connectivity index (χ3n) is 3.10. The Bertz CT molecular complexity index is 546. The molecule has 0 nitrogen and oxygen atoms in total. The third-order valence-corrected chi connectivity index (χ3v) is 4.34. The molecule has 1 unspecified atom stereocenters. The second-order valence-corrected chi connectivity index (χ2v) is 6.31. The minimum atomic E-state index is -0.193. The average Bonchev–Trinajstić information content (AvgIpc) is 2.34. The highest BCUT2D eigenvalue weighted by Crippen LogP contribution is 2.25. The molecule has 2 rings (SSSR count). The zero-order valence-corrected chi connectivity index (χ0v) is 13.8. The molecular weight excluding hydrogens is 371 g/mol. The van der Waals surface area contributed by atoms with Crippen LogP contribution in [-0.4, -0.2) is 5.33 Å². The van der Waals surface area contributed by atoms with E-state index in [2.05, 4.69) is 63.0 Å². The number of aryl methyl sites for hydroxylation is 1. The van der Waals surface area contributed by atoms with Gasteiger partial charge in [0, 0.05) is 9.80 Å². The number of hydrogen-bond acceptors (Lipinski definition) is 0. The quantitative estimate of drug-likeness (QED) is 0.599. The van der Waals surface area contributed by atoms with Crippen molar-refractivity contribution in [2.75, 3.05) is 5.33 Å². The molecule has 0 aliphatic heterocycles. The van der Waals surface area contributed by atoms with Crippen molar-refractivity contribution in [2.45, 2.75) is 19.3 Å². The molecule has 0 aromatic heterocycles. The van der Waals surface area contributed by atoms with Gasteiger partial charge in [-0.3, -0.25) is 0 Å². The maximum atomic E-state index is 13.4. The lowest BCUT2D eigenvalue weighted by Gasteiger charge is -2.15. The van der Waals surface area contributed by atoms with Gasteiger partial charge < -0.3 is 0 Å². The highest BCUT2D eigenvalue weighted by Gasteiger charge is 2.12. The largest absolute Gasteiger partial charge is 0.207 e. The summed E-state index contributed by atoms with van der Waals surface area (Å²) in [5.41, 5.74) is 3.55. The molecule has 19 heavy (non-hydrogen) atoms. The van der Waals surface area contributed by atoms with Crippen LogP contribution in [0.15, 0.2) is 46.9 Å². The summed E-state index contributed by atoms with van der Waals surface area (Å²) in [6.07, 6.45) is 0.824. The second-order valence-electron chi connectivity index (χ2n) is 4.75. The molecule has 0 saturated heterocycles. The van der Waals surface area contributed by atoms with Crippen LogP contribution in [0, 0.1) is 12.7 Å². The van der Waals surface area contributed by atoms with Gasteiger partial charge in [-0.25, -0.2) is 4.39 Å². The summed E-state index contributed by atoms with van der Waals surface area (Å²) < 4.78 is 14.2. The fraction of sp³-hybridized carbons (Fsp3) is 0.250. The Balaban J connectivity index is 2.23. The summed E-state index contributed by atoms with van der Waals surface area (Å²) in [5.74, 6) is 0.163. The van der Waals surface area contributed by atoms with Crippen LogP contribution >= 0.6 is 31.9 Å². The first-order chi connectivity index (χ1) is 9.08. The summed E-state index contributed by atoms with van der Waals surface area (Å²) in [6, 6.07) is 13.6. The van der Waals surface area contributed by atoms with E-state index in [1.54, 1.807) is 6.07 Å². The molecule has 0 saturated carbocycles. The zero-order valence-electron chi connectivity index (χ0n) is 10.7. The molecule has 0 aliphatic carbocycles. The summed E-state index contributed by atoms with van der Waals surface area (Å²) in [4.78, 5) is 0. The van der Waals surface area contributed by atoms with Gasteiger partial charge in [0.15, 0.2) is 0 Å². The number of rotatable bonds is 4. The molecule has 1 atom stereocenters. The molecule has 0 aliphatic rings. The van der Waals surface area contributed by atoms with Gasteiger partial charge in [-0.15, -0.1) is 0 Å². The summed E-state index contributed by atoms with van der Waals surface area (Å²) in [6.45, 7) is 2.09. The van der Waals surface area contributed by atoms with Crippen molar-refractivity contribution in [3.63, 3.8) is 0 Å². The van der Waals surface area contributed by atoms with Crippen LogP contribution in [0.1, 0.15) is 22.6 Å². The first-order valence-corrected chi connectivity index (χ1v) is 8.07. The van der Waals surface area contributed by atoms with Gasteiger partial charge in [-0.1, -0.05) is 61.7 Å². The molecule has 0 spiro atoms. The Morgan fingerprint density at radius 1 is 1.16 bits per heavy atom. The lowest BCUT2D eigenvalue weighted by Crippen LogP contribution is -2.05. The van der Waals surface area contributed by atoms with E-state index >= 15 is 0 Å². The monoisotopic (exact) mass is 384 g/mol. The number of halogens is 3. The van der Waals surface area contributed by atoms with Gasteiger partial charge in [0.1, 0.15) is 5.82 Å². The van der Waals surface area contributed by atoms with Crippen LogP contribution in [0.3, 0.4) is 0 Å². The molecule has 100 valence electrons. The number of hydrogen-bond donors (Lipinski definition) is 0. The molecular formula is C16H15Br2F. The topological polar surface area (TPSA) is 0 Å². The maximum Gasteiger partial charge on any atom is 0.124 e. The highest BCUT2D eigenvalue weighted by atomic mass is 79.9. The molecule has 2 aromatic carbocycles. The van der Waals surface area contributed by atoms with E-state index in [1.807, 2.05) is 6.07 Å². The zero-order chi connectivity index (χ0) is 13.8. The lowest BCUT2D eigenvalue weighted by atomic mass is 9.93. The van der Waals surface area contributed by atoms with Gasteiger partial charge in [0.2, 0.25) is 0 Å². The van der Waals surface area contributed by atoms with Gasteiger partial charge >= 0.3 is 0 Å². The fourth-order valence-electron chi connectivity index (χ4n) is 2.20. The van der Waals surface area contributed by atoms with Crippen molar-refractivity contribution in [3.05, 3.63) is 69.4 Å². The van der Waals surface area contributed by atoms with Gasteiger partial charge in [-0.2, -0.15) is 0 Å². The summed E-state index contributed by atoms with van der Waals surface area (Å²) in [5, 5.41) is 0.866. The fourth-order valence-corrected chi connectivity index (χ4v) is 3.31. The standard InChI is InChI=1S/C16H15Br2F/c1-11-3-2-4-13(5-11)14(10-17)6-12-7-15(18)9-16(19)8-12/h2-5,7-9,14H,6,10H2,1H3. The molecule has 0 radical (unpaired) electrons. The molecule has 0 N–H and O–H groups in total. The third kappa shape index (κ3) is 4.15. The van der Waals surface area contributed by atoms with Gasteiger partial charge in [0.25, 0.3) is 0 Å². The first-order valence-electron chi connectivity index (χ1n) is 6.16. The Labute approximate surface area is 130 Å². The van der Waals surface area contributed by atoms with Gasteiger partial charge in [0.05, 0.1) is 0 Å². The van der Waals surface area contributed by atoms with Crippen LogP contribution < -0.4 is 0 Å². The minimum Gasteiger partial charge on any atom is -0.207 e. The van der Waals surface area contributed by atoms with E-state index in [4.69, 9.17) is 0 Å². The SMILES string of the molecule is Cc1cccc(C(CBr)Cc2cc(F)cc(Br)c2)c1. The van der Waals surface area contributed by atoms with E-state index in [9.17, 15) is 4.39 Å². The summed E-state index contributed by atoms with van der Waals surface area (Å²) >= 11 is 6.91. The van der Waals surface area contributed by atoms with Crippen molar-refractivity contribution in [1.82, 2.24) is 0 Å². The van der Waals surface area contributed by atoms with E-state index < -0.39 is 0 Å². The smallest absolute Gasteiger partial charge is 0.124 e. The molecule has 3 heteroatoms. The van der Waals surface area contributed by atoms with Crippen molar-refractivity contribution in [2.24, 2.45) is 0 Å². The van der Waals surface area contributed by atoms with E-state index in [0.29, 0.717) is 5.92 Å². The molecule has 2 aromatic rings. The molecule has 0 heterocycles. The molecule has 0 amide bonds. The van der Waals surface area contributed by atoms with Crippen molar-refractivity contribution in [1.29, 1.82) is 0 Å². The Morgan fingerprint density at radius 3 is 2.58 bits per heavy atom. The highest BCUT2D eigenvalue weighted by molar-refractivity contribution is 9.10. The van der Waals surface area contributed by atoms with Crippen LogP contribution in [0.4, 0.5) is 4.39 Å². The maximum absolute atomic E-state index is 13.4. The van der Waals surface area contributed by atoms with Crippen molar-refractivity contribution >= 4 is 31.9 Å².